The van der Waals surface area contributed by atoms with Gasteiger partial charge in [-0.1, -0.05) is 13.8 Å². The van der Waals surface area contributed by atoms with Gasteiger partial charge in [-0.2, -0.15) is 0 Å². The summed E-state index contributed by atoms with van der Waals surface area (Å²) < 4.78 is 14.7. The van der Waals surface area contributed by atoms with Crippen LogP contribution >= 0.6 is 11.9 Å². The lowest BCUT2D eigenvalue weighted by Crippen LogP contribution is -2.35. The first kappa shape index (κ1) is 28.4. The van der Waals surface area contributed by atoms with E-state index in [-0.39, 0.29) is 16.9 Å². The Labute approximate surface area is 212 Å². The number of carboxylic acids is 1. The Morgan fingerprint density at radius 1 is 1.06 bits per heavy atom. The second kappa shape index (κ2) is 11.3. The molecule has 35 heavy (non-hydrogen) atoms. The highest BCUT2D eigenvalue weighted by molar-refractivity contribution is 8.00. The van der Waals surface area contributed by atoms with Crippen molar-refractivity contribution in [3.05, 3.63) is 41.7 Å². The zero-order chi connectivity index (χ0) is 26.4. The molecule has 9 heteroatoms. The summed E-state index contributed by atoms with van der Waals surface area (Å²) in [6, 6.07) is 7.66. The molecule has 192 valence electrons. The third kappa shape index (κ3) is 10.1. The van der Waals surface area contributed by atoms with E-state index in [2.05, 4.69) is 28.5 Å². The number of carbonyl (C=O) groups is 2. The minimum atomic E-state index is -1.05. The van der Waals surface area contributed by atoms with Crippen LogP contribution in [0.15, 0.2) is 35.4 Å². The molecule has 0 aliphatic carbocycles. The van der Waals surface area contributed by atoms with Crippen molar-refractivity contribution >= 4 is 29.8 Å². The number of aromatic nitrogens is 2. The summed E-state index contributed by atoms with van der Waals surface area (Å²) in [4.78, 5) is 32.3. The summed E-state index contributed by atoms with van der Waals surface area (Å²) >= 11 is 1.32. The van der Waals surface area contributed by atoms with Crippen molar-refractivity contribution in [2.45, 2.75) is 90.7 Å². The lowest BCUT2D eigenvalue weighted by atomic mass is 9.78. The van der Waals surface area contributed by atoms with E-state index in [0.717, 1.165) is 17.1 Å². The maximum atomic E-state index is 12.1. The number of benzene rings is 1. The molecule has 0 atom stereocenters. The van der Waals surface area contributed by atoms with Crippen LogP contribution in [0.4, 0.5) is 5.95 Å². The zero-order valence-corrected chi connectivity index (χ0v) is 22.7. The first-order valence-electron chi connectivity index (χ1n) is 11.6. The van der Waals surface area contributed by atoms with E-state index in [9.17, 15) is 9.59 Å². The van der Waals surface area contributed by atoms with Gasteiger partial charge in [0.1, 0.15) is 17.0 Å². The molecule has 0 radical (unpaired) electrons. The van der Waals surface area contributed by atoms with Gasteiger partial charge in [0, 0.05) is 17.5 Å². The van der Waals surface area contributed by atoms with Crippen LogP contribution in [0.2, 0.25) is 0 Å². The zero-order valence-electron chi connectivity index (χ0n) is 21.9. The van der Waals surface area contributed by atoms with E-state index < -0.39 is 17.2 Å². The lowest BCUT2D eigenvalue weighted by molar-refractivity contribution is -0.155. The predicted molar refractivity (Wildman–Crippen MR) is 138 cm³/mol. The number of hydrogen-bond acceptors (Lipinski definition) is 8. The van der Waals surface area contributed by atoms with Gasteiger partial charge in [-0.05, 0) is 96.0 Å². The number of rotatable bonds is 11. The van der Waals surface area contributed by atoms with Crippen LogP contribution in [0.25, 0.3) is 0 Å². The Balaban J connectivity index is 1.89. The summed E-state index contributed by atoms with van der Waals surface area (Å²) in [6.07, 6.45) is 3.15. The first-order valence-corrected chi connectivity index (χ1v) is 12.4. The Morgan fingerprint density at radius 3 is 2.23 bits per heavy atom. The minimum absolute atomic E-state index is 0.0812. The fourth-order valence-electron chi connectivity index (χ4n) is 3.84. The number of aromatic carboxylic acids is 1. The van der Waals surface area contributed by atoms with Gasteiger partial charge in [-0.25, -0.2) is 14.8 Å². The number of esters is 1. The molecular weight excluding hydrogens is 466 g/mol. The molecule has 0 bridgehead atoms. The van der Waals surface area contributed by atoms with Gasteiger partial charge in [-0.15, -0.1) is 0 Å². The van der Waals surface area contributed by atoms with E-state index in [0.29, 0.717) is 24.5 Å². The highest BCUT2D eigenvalue weighted by Gasteiger charge is 2.31. The summed E-state index contributed by atoms with van der Waals surface area (Å²) in [5.74, 6) is -0.135. The Morgan fingerprint density at radius 2 is 1.69 bits per heavy atom. The normalized spacial score (nSPS) is 12.2. The molecule has 0 spiro atoms. The number of aryl methyl sites for hydroxylation is 1. The van der Waals surface area contributed by atoms with Crippen LogP contribution in [-0.2, 0) is 9.53 Å². The molecule has 0 fully saturated rings. The van der Waals surface area contributed by atoms with Crippen LogP contribution in [0, 0.1) is 12.3 Å². The highest BCUT2D eigenvalue weighted by atomic mass is 32.2. The second-order valence-corrected chi connectivity index (χ2v) is 11.8. The predicted octanol–water partition coefficient (Wildman–Crippen LogP) is 6.30. The first-order chi connectivity index (χ1) is 16.1. The Hall–Kier alpha value is -2.81. The van der Waals surface area contributed by atoms with E-state index in [4.69, 9.17) is 14.6 Å². The third-order valence-electron chi connectivity index (χ3n) is 5.02. The van der Waals surface area contributed by atoms with Crippen molar-refractivity contribution in [3.8, 4) is 5.75 Å². The molecule has 0 aliphatic rings. The molecule has 0 saturated heterocycles. The quantitative estimate of drug-likeness (QED) is 0.269. The van der Waals surface area contributed by atoms with Crippen LogP contribution in [0.5, 0.6) is 5.75 Å². The molecule has 2 N–H and O–H groups in total. The van der Waals surface area contributed by atoms with Crippen molar-refractivity contribution in [3.63, 3.8) is 0 Å². The van der Waals surface area contributed by atoms with Gasteiger partial charge in [0.05, 0.1) is 11.3 Å². The topological polar surface area (TPSA) is 111 Å². The van der Waals surface area contributed by atoms with E-state index >= 15 is 0 Å². The van der Waals surface area contributed by atoms with Gasteiger partial charge < -0.3 is 14.6 Å². The number of hydrogen-bond donors (Lipinski definition) is 2. The molecule has 2 rings (SSSR count). The molecule has 1 aromatic carbocycles. The fraction of sp³-hybridized carbons (Fsp3) is 0.538. The third-order valence-corrected chi connectivity index (χ3v) is 5.81. The van der Waals surface area contributed by atoms with Crippen molar-refractivity contribution in [1.29, 1.82) is 0 Å². The largest absolute Gasteiger partial charge is 0.488 e. The number of nitrogens with one attached hydrogen (secondary N) is 1. The minimum Gasteiger partial charge on any atom is -0.488 e. The van der Waals surface area contributed by atoms with Gasteiger partial charge in [0.2, 0.25) is 5.95 Å². The van der Waals surface area contributed by atoms with Gasteiger partial charge in [-0.3, -0.25) is 9.52 Å². The average Bonchev–Trinajstić information content (AvgIpc) is 2.69. The van der Waals surface area contributed by atoms with Crippen molar-refractivity contribution in [2.24, 2.45) is 5.41 Å². The van der Waals surface area contributed by atoms with Crippen LogP contribution in [-0.4, -0.2) is 38.2 Å². The maximum Gasteiger partial charge on any atom is 0.339 e. The number of carbonyl (C=O) groups excluding carboxylic acids is 1. The second-order valence-electron chi connectivity index (χ2n) is 11.0. The monoisotopic (exact) mass is 503 g/mol. The smallest absolute Gasteiger partial charge is 0.339 e. The van der Waals surface area contributed by atoms with Crippen LogP contribution in [0.1, 0.15) is 83.8 Å². The Kier molecular flexibility index (Phi) is 9.17. The van der Waals surface area contributed by atoms with Crippen molar-refractivity contribution in [2.75, 3.05) is 4.72 Å². The maximum absolute atomic E-state index is 12.1. The Bertz CT molecular complexity index is 1030. The highest BCUT2D eigenvalue weighted by Crippen LogP contribution is 2.35. The summed E-state index contributed by atoms with van der Waals surface area (Å²) in [5.41, 5.74) is -0.524. The number of anilines is 1. The lowest BCUT2D eigenvalue weighted by Gasteiger charge is -2.35. The summed E-state index contributed by atoms with van der Waals surface area (Å²) in [5, 5.41) is 9.08. The van der Waals surface area contributed by atoms with Crippen molar-refractivity contribution in [1.82, 2.24) is 9.97 Å². The molecule has 0 unspecified atom stereocenters. The number of nitrogens with zero attached hydrogens (tertiary/aromatic N) is 2. The molecular formula is C26H37N3O5S. The number of carboxylic acid groups (broad SMARTS) is 1. The molecule has 8 nitrogen and oxygen atoms in total. The van der Waals surface area contributed by atoms with Gasteiger partial charge in [0.25, 0.3) is 0 Å². The van der Waals surface area contributed by atoms with Crippen LogP contribution in [0.3, 0.4) is 0 Å². The molecule has 0 aliphatic heterocycles. The number of ether oxygens (including phenoxy) is 2. The van der Waals surface area contributed by atoms with Crippen molar-refractivity contribution < 1.29 is 24.2 Å². The van der Waals surface area contributed by atoms with Gasteiger partial charge in [0.15, 0.2) is 0 Å². The van der Waals surface area contributed by atoms with E-state index in [1.807, 2.05) is 58.9 Å². The fourth-order valence-corrected chi connectivity index (χ4v) is 4.42. The summed E-state index contributed by atoms with van der Waals surface area (Å²) in [7, 11) is 0. The average molecular weight is 504 g/mol. The standard InChI is InChI=1S/C26H37N3O5S/c1-17-20(22(31)32)15-27-23(28-17)29-35-19-11-9-18(10-12-19)33-26(7,8)16-25(5,6)14-13-21(30)34-24(2,3)4/h9-12,15H,13-14,16H2,1-8H3,(H,31,32)(H,27,28,29). The molecule has 0 saturated carbocycles. The molecule has 1 aromatic heterocycles. The van der Waals surface area contributed by atoms with E-state index in [1.165, 1.54) is 18.1 Å². The summed E-state index contributed by atoms with van der Waals surface area (Å²) in [6.45, 7) is 15.6. The van der Waals surface area contributed by atoms with Gasteiger partial charge >= 0.3 is 11.9 Å². The SMILES string of the molecule is Cc1nc(NSc2ccc(OC(C)(C)CC(C)(C)CCC(=O)OC(C)(C)C)cc2)ncc1C(=O)O. The van der Waals surface area contributed by atoms with Crippen LogP contribution < -0.4 is 9.46 Å². The van der Waals surface area contributed by atoms with E-state index in [1.54, 1.807) is 6.92 Å². The molecule has 1 heterocycles. The molecule has 0 amide bonds. The molecule has 2 aromatic rings.